The second kappa shape index (κ2) is 5.95. The lowest BCUT2D eigenvalue weighted by Gasteiger charge is -2.24. The molecule has 1 aliphatic rings. The summed E-state index contributed by atoms with van der Waals surface area (Å²) in [6.45, 7) is 7.02. The highest BCUT2D eigenvalue weighted by Gasteiger charge is 2.30. The summed E-state index contributed by atoms with van der Waals surface area (Å²) in [5, 5.41) is 0.447. The van der Waals surface area contributed by atoms with Crippen molar-refractivity contribution in [2.75, 3.05) is 13.1 Å². The average Bonchev–Trinajstić information content (AvgIpc) is 2.79. The number of ether oxygens (including phenoxy) is 1. The van der Waals surface area contributed by atoms with Crippen LogP contribution in [0.25, 0.3) is 0 Å². The predicted octanol–water partition coefficient (Wildman–Crippen LogP) is 2.93. The van der Waals surface area contributed by atoms with Gasteiger partial charge in [0.25, 0.3) is 0 Å². The smallest absolute Gasteiger partial charge is 0.410 e. The van der Waals surface area contributed by atoms with E-state index in [4.69, 9.17) is 16.3 Å². The van der Waals surface area contributed by atoms with Gasteiger partial charge in [-0.2, -0.15) is 0 Å². The summed E-state index contributed by atoms with van der Waals surface area (Å²) in [7, 11) is 0. The topological polar surface area (TPSA) is 55.3 Å². The highest BCUT2D eigenvalue weighted by Crippen LogP contribution is 2.24. The van der Waals surface area contributed by atoms with Crippen molar-refractivity contribution >= 4 is 17.7 Å². The molecule has 1 unspecified atom stereocenters. The number of likely N-dealkylation sites (tertiary alicyclic amines) is 1. The van der Waals surface area contributed by atoms with Gasteiger partial charge in [0.05, 0.1) is 5.69 Å². The lowest BCUT2D eigenvalue weighted by molar-refractivity contribution is 0.0288. The molecule has 2 rings (SSSR count). The number of amides is 1. The van der Waals surface area contributed by atoms with Crippen LogP contribution in [0.15, 0.2) is 12.4 Å². The molecule has 0 aliphatic carbocycles. The number of hydrogen-bond donors (Lipinski definition) is 0. The first-order valence-corrected chi connectivity index (χ1v) is 7.16. The quantitative estimate of drug-likeness (QED) is 0.842. The number of carbonyl (C=O) groups is 1. The van der Waals surface area contributed by atoms with E-state index in [1.807, 2.05) is 20.8 Å². The first-order chi connectivity index (χ1) is 9.35. The van der Waals surface area contributed by atoms with Crippen molar-refractivity contribution in [1.82, 2.24) is 14.9 Å². The van der Waals surface area contributed by atoms with E-state index in [1.165, 1.54) is 0 Å². The molecule has 1 fully saturated rings. The fourth-order valence-corrected chi connectivity index (χ4v) is 2.43. The van der Waals surface area contributed by atoms with E-state index in [1.54, 1.807) is 17.3 Å². The van der Waals surface area contributed by atoms with Crippen molar-refractivity contribution in [2.24, 2.45) is 5.92 Å². The van der Waals surface area contributed by atoms with Crippen molar-refractivity contribution in [3.8, 4) is 0 Å². The van der Waals surface area contributed by atoms with Gasteiger partial charge in [-0.1, -0.05) is 11.6 Å². The van der Waals surface area contributed by atoms with Gasteiger partial charge in [0, 0.05) is 25.5 Å². The fourth-order valence-electron chi connectivity index (χ4n) is 2.25. The van der Waals surface area contributed by atoms with Gasteiger partial charge in [0.15, 0.2) is 0 Å². The molecule has 1 atom stereocenters. The first-order valence-electron chi connectivity index (χ1n) is 6.78. The van der Waals surface area contributed by atoms with Crippen molar-refractivity contribution in [1.29, 1.82) is 0 Å². The maximum atomic E-state index is 12.0. The maximum Gasteiger partial charge on any atom is 0.410 e. The Kier molecular flexibility index (Phi) is 4.48. The molecule has 0 aromatic carbocycles. The van der Waals surface area contributed by atoms with E-state index < -0.39 is 5.60 Å². The van der Waals surface area contributed by atoms with E-state index in [2.05, 4.69) is 9.97 Å². The number of rotatable bonds is 2. The van der Waals surface area contributed by atoms with Crippen LogP contribution in [-0.2, 0) is 11.2 Å². The summed E-state index contributed by atoms with van der Waals surface area (Å²) >= 11 is 6.01. The summed E-state index contributed by atoms with van der Waals surface area (Å²) in [6.07, 6.45) is 4.65. The second-order valence-electron chi connectivity index (χ2n) is 6.08. The molecule has 1 aromatic rings. The van der Waals surface area contributed by atoms with Crippen molar-refractivity contribution < 1.29 is 9.53 Å². The standard InChI is InChI=1S/C14H20ClN3O2/c1-14(2,3)20-13(19)18-7-4-10(9-18)8-11-12(15)17-6-5-16-11/h5-6,10H,4,7-9H2,1-3H3. The zero-order valence-electron chi connectivity index (χ0n) is 12.1. The summed E-state index contributed by atoms with van der Waals surface area (Å²) in [4.78, 5) is 22.0. The largest absolute Gasteiger partial charge is 0.444 e. The Hall–Kier alpha value is -1.36. The molecule has 0 bridgehead atoms. The Labute approximate surface area is 124 Å². The number of hydrogen-bond acceptors (Lipinski definition) is 4. The van der Waals surface area contributed by atoms with Crippen LogP contribution in [0.4, 0.5) is 4.79 Å². The molecular weight excluding hydrogens is 278 g/mol. The molecule has 1 aromatic heterocycles. The molecule has 1 saturated heterocycles. The Morgan fingerprint density at radius 3 is 2.80 bits per heavy atom. The molecule has 1 aliphatic heterocycles. The fraction of sp³-hybridized carbons (Fsp3) is 0.643. The number of carbonyl (C=O) groups excluding carboxylic acids is 1. The number of nitrogens with zero attached hydrogens (tertiary/aromatic N) is 3. The molecule has 2 heterocycles. The molecular formula is C14H20ClN3O2. The average molecular weight is 298 g/mol. The minimum atomic E-state index is -0.455. The first kappa shape index (κ1) is 15.0. The van der Waals surface area contributed by atoms with Gasteiger partial charge in [-0.3, -0.25) is 4.98 Å². The van der Waals surface area contributed by atoms with Crippen LogP contribution in [-0.4, -0.2) is 39.7 Å². The number of aromatic nitrogens is 2. The van der Waals surface area contributed by atoms with E-state index in [9.17, 15) is 4.79 Å². The molecule has 0 spiro atoms. The lowest BCUT2D eigenvalue weighted by atomic mass is 10.0. The molecule has 5 nitrogen and oxygen atoms in total. The highest BCUT2D eigenvalue weighted by molar-refractivity contribution is 6.29. The molecule has 0 N–H and O–H groups in total. The third kappa shape index (κ3) is 4.07. The van der Waals surface area contributed by atoms with Crippen LogP contribution in [0.2, 0.25) is 5.15 Å². The summed E-state index contributed by atoms with van der Waals surface area (Å²) < 4.78 is 5.38. The Morgan fingerprint density at radius 1 is 1.45 bits per heavy atom. The molecule has 6 heteroatoms. The van der Waals surface area contributed by atoms with Crippen LogP contribution in [0, 0.1) is 5.92 Å². The monoisotopic (exact) mass is 297 g/mol. The minimum absolute atomic E-state index is 0.245. The lowest BCUT2D eigenvalue weighted by Crippen LogP contribution is -2.35. The summed E-state index contributed by atoms with van der Waals surface area (Å²) in [6, 6.07) is 0. The van der Waals surface area contributed by atoms with Crippen molar-refractivity contribution in [2.45, 2.75) is 39.2 Å². The minimum Gasteiger partial charge on any atom is -0.444 e. The molecule has 0 radical (unpaired) electrons. The van der Waals surface area contributed by atoms with Crippen LogP contribution in [0.3, 0.4) is 0 Å². The molecule has 1 amide bonds. The Bertz CT molecular complexity index is 488. The van der Waals surface area contributed by atoms with Gasteiger partial charge in [-0.25, -0.2) is 9.78 Å². The third-order valence-electron chi connectivity index (χ3n) is 3.14. The predicted molar refractivity (Wildman–Crippen MR) is 76.7 cm³/mol. The summed E-state index contributed by atoms with van der Waals surface area (Å²) in [5.74, 6) is 0.358. The van der Waals surface area contributed by atoms with E-state index in [-0.39, 0.29) is 6.09 Å². The zero-order valence-corrected chi connectivity index (χ0v) is 12.9. The van der Waals surface area contributed by atoms with Gasteiger partial charge >= 0.3 is 6.09 Å². The molecule has 20 heavy (non-hydrogen) atoms. The molecule has 110 valence electrons. The Balaban J connectivity index is 1.90. The van der Waals surface area contributed by atoms with Gasteiger partial charge in [0.1, 0.15) is 10.8 Å². The number of halogens is 1. The normalized spacial score (nSPS) is 19.2. The van der Waals surface area contributed by atoms with Crippen LogP contribution >= 0.6 is 11.6 Å². The van der Waals surface area contributed by atoms with Gasteiger partial charge in [0.2, 0.25) is 0 Å². The van der Waals surface area contributed by atoms with E-state index in [0.29, 0.717) is 17.6 Å². The van der Waals surface area contributed by atoms with Gasteiger partial charge in [-0.15, -0.1) is 0 Å². The van der Waals surface area contributed by atoms with E-state index in [0.717, 1.165) is 25.1 Å². The zero-order chi connectivity index (χ0) is 14.8. The van der Waals surface area contributed by atoms with Crippen LogP contribution in [0.1, 0.15) is 32.9 Å². The third-order valence-corrected chi connectivity index (χ3v) is 3.46. The second-order valence-corrected chi connectivity index (χ2v) is 6.44. The van der Waals surface area contributed by atoms with Gasteiger partial charge in [-0.05, 0) is 39.5 Å². The summed E-state index contributed by atoms with van der Waals surface area (Å²) in [5.41, 5.74) is 0.342. The molecule has 0 saturated carbocycles. The maximum absolute atomic E-state index is 12.0. The SMILES string of the molecule is CC(C)(C)OC(=O)N1CCC(Cc2nccnc2Cl)C1. The highest BCUT2D eigenvalue weighted by atomic mass is 35.5. The van der Waals surface area contributed by atoms with Crippen molar-refractivity contribution in [3.05, 3.63) is 23.2 Å². The van der Waals surface area contributed by atoms with Gasteiger partial charge < -0.3 is 9.64 Å². The van der Waals surface area contributed by atoms with Crippen LogP contribution in [0.5, 0.6) is 0 Å². The van der Waals surface area contributed by atoms with Crippen LogP contribution < -0.4 is 0 Å². The van der Waals surface area contributed by atoms with Crippen molar-refractivity contribution in [3.63, 3.8) is 0 Å². The van der Waals surface area contributed by atoms with E-state index >= 15 is 0 Å². The Morgan fingerprint density at radius 2 is 2.15 bits per heavy atom.